The maximum Gasteiger partial charge on any atom is 0.118 e. The number of anilines is 1. The Bertz CT molecular complexity index is 1020. The largest absolute Gasteiger partial charge is 0.497 e. The van der Waals surface area contributed by atoms with Gasteiger partial charge < -0.3 is 20.1 Å². The zero-order valence-electron chi connectivity index (χ0n) is 19.4. The molecule has 1 aliphatic rings. The van der Waals surface area contributed by atoms with Gasteiger partial charge in [-0.05, 0) is 55.3 Å². The predicted octanol–water partition coefficient (Wildman–Crippen LogP) is 4.75. The highest BCUT2D eigenvalue weighted by molar-refractivity contribution is 6.31. The third kappa shape index (κ3) is 6.58. The van der Waals surface area contributed by atoms with Crippen molar-refractivity contribution >= 4 is 28.2 Å². The molecule has 6 nitrogen and oxygen atoms in total. The molecule has 3 aromatic rings. The molecule has 0 aliphatic carbocycles. The van der Waals surface area contributed by atoms with E-state index in [1.54, 1.807) is 7.11 Å². The molecule has 2 heterocycles. The lowest BCUT2D eigenvalue weighted by Gasteiger charge is -2.29. The number of ether oxygens (including phenoxy) is 2. The minimum absolute atomic E-state index is 0.232. The normalized spacial score (nSPS) is 16.5. The fourth-order valence-corrected chi connectivity index (χ4v) is 4.41. The molecule has 0 bridgehead atoms. The van der Waals surface area contributed by atoms with E-state index in [4.69, 9.17) is 21.1 Å². The minimum Gasteiger partial charge on any atom is -0.497 e. The quantitative estimate of drug-likeness (QED) is 0.447. The molecular weight excluding hydrogens is 436 g/mol. The Kier molecular flexibility index (Phi) is 8.40. The van der Waals surface area contributed by atoms with Gasteiger partial charge in [-0.1, -0.05) is 23.7 Å². The fraction of sp³-hybridized carbons (Fsp3) is 0.423. The number of methoxy groups -OCH3 is 1. The van der Waals surface area contributed by atoms with Crippen LogP contribution in [0.5, 0.6) is 5.75 Å². The summed E-state index contributed by atoms with van der Waals surface area (Å²) in [4.78, 5) is 6.93. The van der Waals surface area contributed by atoms with E-state index in [-0.39, 0.29) is 12.1 Å². The van der Waals surface area contributed by atoms with Crippen LogP contribution in [0.15, 0.2) is 54.7 Å². The Balaban J connectivity index is 1.40. The van der Waals surface area contributed by atoms with Crippen molar-refractivity contribution in [3.63, 3.8) is 0 Å². The lowest BCUT2D eigenvalue weighted by molar-refractivity contribution is 0.0361. The van der Waals surface area contributed by atoms with E-state index < -0.39 is 0 Å². The molecule has 0 amide bonds. The van der Waals surface area contributed by atoms with E-state index in [1.807, 2.05) is 42.6 Å². The number of aromatic nitrogens is 1. The number of halogens is 1. The summed E-state index contributed by atoms with van der Waals surface area (Å²) in [5.74, 6) is 0.880. The topological polar surface area (TPSA) is 58.7 Å². The van der Waals surface area contributed by atoms with Crippen LogP contribution in [0.1, 0.15) is 24.9 Å². The molecule has 0 radical (unpaired) electrons. The van der Waals surface area contributed by atoms with Crippen LogP contribution in [0.3, 0.4) is 0 Å². The number of pyridine rings is 1. The monoisotopic (exact) mass is 468 g/mol. The number of nitrogens with zero attached hydrogens (tertiary/aromatic N) is 2. The average molecular weight is 469 g/mol. The summed E-state index contributed by atoms with van der Waals surface area (Å²) in [6.07, 6.45) is 2.86. The van der Waals surface area contributed by atoms with Crippen LogP contribution in [-0.4, -0.2) is 62.4 Å². The summed E-state index contributed by atoms with van der Waals surface area (Å²) in [7, 11) is 1.70. The summed E-state index contributed by atoms with van der Waals surface area (Å²) in [5, 5.41) is 9.21. The standard InChI is InChI=1S/C26H33ClN4O2/c1-19(30-25-9-11-28-26-17-21(27)5-8-23(25)26)18-29-24(10-12-31-13-15-33-16-14-31)20-3-6-22(32-2)7-4-20/h3-9,11,17,19,24,29H,10,12-16,18H2,1-2H3,(H,28,30). The van der Waals surface area contributed by atoms with Gasteiger partial charge >= 0.3 is 0 Å². The molecule has 0 saturated carbocycles. The van der Waals surface area contributed by atoms with Crippen molar-refractivity contribution in [3.8, 4) is 5.75 Å². The second kappa shape index (κ2) is 11.7. The molecule has 2 N–H and O–H groups in total. The Morgan fingerprint density at radius 1 is 1.12 bits per heavy atom. The highest BCUT2D eigenvalue weighted by Crippen LogP contribution is 2.25. The summed E-state index contributed by atoms with van der Waals surface area (Å²) in [5.41, 5.74) is 3.25. The van der Waals surface area contributed by atoms with Crippen LogP contribution in [0.2, 0.25) is 5.02 Å². The molecular formula is C26H33ClN4O2. The van der Waals surface area contributed by atoms with Crippen molar-refractivity contribution in [3.05, 3.63) is 65.3 Å². The van der Waals surface area contributed by atoms with Crippen LogP contribution < -0.4 is 15.4 Å². The van der Waals surface area contributed by atoms with Crippen molar-refractivity contribution in [1.29, 1.82) is 0 Å². The van der Waals surface area contributed by atoms with Crippen LogP contribution in [0.25, 0.3) is 10.9 Å². The molecule has 176 valence electrons. The molecule has 0 spiro atoms. The smallest absolute Gasteiger partial charge is 0.118 e. The molecule has 4 rings (SSSR count). The van der Waals surface area contributed by atoms with Crippen molar-refractivity contribution in [2.45, 2.75) is 25.4 Å². The first-order valence-corrected chi connectivity index (χ1v) is 12.0. The lowest BCUT2D eigenvalue weighted by Crippen LogP contribution is -2.39. The van der Waals surface area contributed by atoms with E-state index >= 15 is 0 Å². The molecule has 7 heteroatoms. The maximum atomic E-state index is 6.14. The van der Waals surface area contributed by atoms with E-state index in [0.717, 1.165) is 68.2 Å². The summed E-state index contributed by atoms with van der Waals surface area (Å²) < 4.78 is 10.8. The van der Waals surface area contributed by atoms with Gasteiger partial charge in [0.25, 0.3) is 0 Å². The van der Waals surface area contributed by atoms with Crippen LogP contribution >= 0.6 is 11.6 Å². The molecule has 33 heavy (non-hydrogen) atoms. The van der Waals surface area contributed by atoms with Crippen LogP contribution in [-0.2, 0) is 4.74 Å². The van der Waals surface area contributed by atoms with Crippen LogP contribution in [0.4, 0.5) is 5.69 Å². The van der Waals surface area contributed by atoms with E-state index in [0.29, 0.717) is 5.02 Å². The van der Waals surface area contributed by atoms with Gasteiger partial charge in [0.05, 0.1) is 25.8 Å². The molecule has 2 aromatic carbocycles. The van der Waals surface area contributed by atoms with Gasteiger partial charge in [0.1, 0.15) is 5.75 Å². The molecule has 1 fully saturated rings. The summed E-state index contributed by atoms with van der Waals surface area (Å²) >= 11 is 6.14. The average Bonchev–Trinajstić information content (AvgIpc) is 2.85. The van der Waals surface area contributed by atoms with Gasteiger partial charge in [0.15, 0.2) is 0 Å². The summed E-state index contributed by atoms with van der Waals surface area (Å²) in [6.45, 7) is 7.74. The SMILES string of the molecule is COc1ccc(C(CCN2CCOCC2)NCC(C)Nc2ccnc3cc(Cl)ccc23)cc1. The first kappa shape index (κ1) is 23.8. The molecule has 2 unspecified atom stereocenters. The Labute approximate surface area is 201 Å². The maximum absolute atomic E-state index is 6.14. The van der Waals surface area contributed by atoms with Crippen molar-refractivity contribution in [2.75, 3.05) is 51.8 Å². The summed E-state index contributed by atoms with van der Waals surface area (Å²) in [6, 6.07) is 16.7. The van der Waals surface area contributed by atoms with Gasteiger partial charge in [-0.3, -0.25) is 9.88 Å². The molecule has 1 aromatic heterocycles. The Morgan fingerprint density at radius 2 is 1.91 bits per heavy atom. The molecule has 2 atom stereocenters. The molecule has 1 aliphatic heterocycles. The fourth-order valence-electron chi connectivity index (χ4n) is 4.24. The third-order valence-corrected chi connectivity index (χ3v) is 6.37. The minimum atomic E-state index is 0.232. The van der Waals surface area contributed by atoms with Crippen molar-refractivity contribution in [2.24, 2.45) is 0 Å². The predicted molar refractivity (Wildman–Crippen MR) is 135 cm³/mol. The van der Waals surface area contributed by atoms with Gasteiger partial charge in [0.2, 0.25) is 0 Å². The number of morpholine rings is 1. The zero-order chi connectivity index (χ0) is 23.0. The van der Waals surface area contributed by atoms with Gasteiger partial charge in [-0.15, -0.1) is 0 Å². The van der Waals surface area contributed by atoms with Crippen molar-refractivity contribution < 1.29 is 9.47 Å². The first-order valence-electron chi connectivity index (χ1n) is 11.6. The molecule has 1 saturated heterocycles. The lowest BCUT2D eigenvalue weighted by atomic mass is 10.0. The number of fused-ring (bicyclic) bond motifs is 1. The van der Waals surface area contributed by atoms with Crippen LogP contribution in [0, 0.1) is 0 Å². The van der Waals surface area contributed by atoms with E-state index in [1.165, 1.54) is 5.56 Å². The van der Waals surface area contributed by atoms with E-state index in [9.17, 15) is 0 Å². The van der Waals surface area contributed by atoms with Crippen molar-refractivity contribution in [1.82, 2.24) is 15.2 Å². The number of hydrogen-bond donors (Lipinski definition) is 2. The second-order valence-corrected chi connectivity index (χ2v) is 8.98. The Morgan fingerprint density at radius 3 is 2.67 bits per heavy atom. The third-order valence-electron chi connectivity index (χ3n) is 6.13. The number of rotatable bonds is 10. The van der Waals surface area contributed by atoms with Gasteiger partial charge in [-0.25, -0.2) is 0 Å². The number of benzene rings is 2. The zero-order valence-corrected chi connectivity index (χ0v) is 20.1. The van der Waals surface area contributed by atoms with E-state index in [2.05, 4.69) is 39.6 Å². The number of hydrogen-bond acceptors (Lipinski definition) is 6. The number of nitrogens with one attached hydrogen (secondary N) is 2. The Hall–Kier alpha value is -2.38. The highest BCUT2D eigenvalue weighted by atomic mass is 35.5. The first-order chi connectivity index (χ1) is 16.1. The highest BCUT2D eigenvalue weighted by Gasteiger charge is 2.17. The van der Waals surface area contributed by atoms with Gasteiger partial charge in [-0.2, -0.15) is 0 Å². The second-order valence-electron chi connectivity index (χ2n) is 8.54. The van der Waals surface area contributed by atoms with Gasteiger partial charge in [0, 0.05) is 60.6 Å².